The fraction of sp³-hybridized carbons (Fsp3) is 0.185. The minimum Gasteiger partial charge on any atom is -0.454 e. The molecule has 0 spiro atoms. The Labute approximate surface area is 196 Å². The van der Waals surface area contributed by atoms with Crippen molar-refractivity contribution >= 4 is 28.8 Å². The van der Waals surface area contributed by atoms with Crippen molar-refractivity contribution in [2.45, 2.75) is 26.2 Å². The van der Waals surface area contributed by atoms with E-state index in [9.17, 15) is 14.0 Å². The van der Waals surface area contributed by atoms with Gasteiger partial charge in [0.25, 0.3) is 11.8 Å². The van der Waals surface area contributed by atoms with Gasteiger partial charge in [0.15, 0.2) is 11.5 Å². The van der Waals surface area contributed by atoms with E-state index in [1.807, 2.05) is 12.1 Å². The lowest BCUT2D eigenvalue weighted by Gasteiger charge is -2.21. The van der Waals surface area contributed by atoms with Crippen LogP contribution in [0.5, 0.6) is 11.5 Å². The second kappa shape index (κ2) is 8.02. The number of anilines is 2. The van der Waals surface area contributed by atoms with Crippen LogP contribution in [0.3, 0.4) is 0 Å². The van der Waals surface area contributed by atoms with Crippen molar-refractivity contribution in [1.82, 2.24) is 0 Å². The van der Waals surface area contributed by atoms with Crippen LogP contribution in [0.25, 0.3) is 5.57 Å². The number of hydrogen-bond donors (Lipinski definition) is 1. The van der Waals surface area contributed by atoms with Crippen LogP contribution in [0, 0.1) is 5.82 Å². The van der Waals surface area contributed by atoms with Gasteiger partial charge in [0, 0.05) is 11.8 Å². The van der Waals surface area contributed by atoms with Crippen LogP contribution in [-0.2, 0) is 15.0 Å². The third kappa shape index (κ3) is 3.79. The summed E-state index contributed by atoms with van der Waals surface area (Å²) in [7, 11) is 0. The maximum Gasteiger partial charge on any atom is 0.282 e. The Hall–Kier alpha value is -4.13. The lowest BCUT2D eigenvalue weighted by Crippen LogP contribution is -2.32. The summed E-state index contributed by atoms with van der Waals surface area (Å²) in [5.41, 5.74) is 2.76. The van der Waals surface area contributed by atoms with Gasteiger partial charge in [0.05, 0.1) is 11.3 Å². The van der Waals surface area contributed by atoms with Gasteiger partial charge in [-0.2, -0.15) is 0 Å². The van der Waals surface area contributed by atoms with Crippen LogP contribution in [0.1, 0.15) is 31.9 Å². The molecule has 1 N–H and O–H groups in total. The quantitative estimate of drug-likeness (QED) is 0.541. The zero-order valence-corrected chi connectivity index (χ0v) is 19.0. The number of nitrogens with zero attached hydrogens (tertiary/aromatic N) is 1. The molecular weight excluding hydrogens is 435 g/mol. The van der Waals surface area contributed by atoms with Crippen molar-refractivity contribution in [2.24, 2.45) is 0 Å². The van der Waals surface area contributed by atoms with E-state index in [2.05, 4.69) is 26.1 Å². The number of benzene rings is 3. The summed E-state index contributed by atoms with van der Waals surface area (Å²) in [4.78, 5) is 28.2. The number of imide groups is 1. The molecule has 0 fully saturated rings. The average Bonchev–Trinajstić information content (AvgIpc) is 3.36. The summed E-state index contributed by atoms with van der Waals surface area (Å²) in [5.74, 6) is -0.261. The first kappa shape index (κ1) is 21.7. The zero-order valence-electron chi connectivity index (χ0n) is 19.0. The van der Waals surface area contributed by atoms with Crippen LogP contribution in [0.4, 0.5) is 15.8 Å². The molecule has 0 unspecified atom stereocenters. The summed E-state index contributed by atoms with van der Waals surface area (Å²) in [6, 6.07) is 18.0. The molecule has 0 bridgehead atoms. The molecule has 0 radical (unpaired) electrons. The minimum atomic E-state index is -0.495. The number of nitrogens with one attached hydrogen (secondary N) is 1. The molecule has 2 aliphatic heterocycles. The maximum atomic E-state index is 13.6. The highest BCUT2D eigenvalue weighted by Crippen LogP contribution is 2.38. The summed E-state index contributed by atoms with van der Waals surface area (Å²) in [6.45, 7) is 6.40. The van der Waals surface area contributed by atoms with Crippen molar-refractivity contribution in [3.8, 4) is 11.5 Å². The van der Waals surface area contributed by atoms with Crippen molar-refractivity contribution < 1.29 is 23.5 Å². The Morgan fingerprint density at radius 2 is 1.53 bits per heavy atom. The van der Waals surface area contributed by atoms with Crippen molar-refractivity contribution in [3.05, 3.63) is 89.4 Å². The molecule has 0 atom stereocenters. The van der Waals surface area contributed by atoms with Gasteiger partial charge in [-0.25, -0.2) is 9.29 Å². The van der Waals surface area contributed by atoms with Gasteiger partial charge in [-0.3, -0.25) is 9.59 Å². The Morgan fingerprint density at radius 1 is 0.853 bits per heavy atom. The molecule has 0 saturated carbocycles. The van der Waals surface area contributed by atoms with Crippen molar-refractivity contribution in [2.75, 3.05) is 17.0 Å². The first-order valence-corrected chi connectivity index (χ1v) is 10.9. The molecule has 3 aromatic carbocycles. The average molecular weight is 458 g/mol. The van der Waals surface area contributed by atoms with E-state index in [1.54, 1.807) is 30.3 Å². The molecule has 3 aromatic rings. The first-order valence-electron chi connectivity index (χ1n) is 10.9. The number of amides is 2. The minimum absolute atomic E-state index is 0.0683. The van der Waals surface area contributed by atoms with Gasteiger partial charge in [-0.1, -0.05) is 45.0 Å². The molecular formula is C27H23FN2O4. The number of ether oxygens (including phenoxy) is 2. The molecule has 7 heteroatoms. The van der Waals surface area contributed by atoms with Crippen LogP contribution in [0.2, 0.25) is 0 Å². The van der Waals surface area contributed by atoms with E-state index < -0.39 is 17.6 Å². The molecule has 0 aliphatic carbocycles. The second-order valence-electron chi connectivity index (χ2n) is 9.19. The Morgan fingerprint density at radius 3 is 2.21 bits per heavy atom. The summed E-state index contributed by atoms with van der Waals surface area (Å²) in [6.07, 6.45) is 0. The molecule has 0 saturated heterocycles. The van der Waals surface area contributed by atoms with E-state index in [0.717, 1.165) is 10.5 Å². The SMILES string of the molecule is CC(C)(C)c1ccc(N2C(=O)C(Nc3ccc4c(c3)OCO4)=C(c3ccc(F)cc3)C2=O)cc1. The third-order valence-corrected chi connectivity index (χ3v) is 5.85. The highest BCUT2D eigenvalue weighted by atomic mass is 19.1. The largest absolute Gasteiger partial charge is 0.454 e. The van der Waals surface area contributed by atoms with Crippen LogP contribution in [0.15, 0.2) is 72.4 Å². The van der Waals surface area contributed by atoms with Gasteiger partial charge in [-0.05, 0) is 52.9 Å². The van der Waals surface area contributed by atoms with E-state index in [4.69, 9.17) is 9.47 Å². The standard InChI is InChI=1S/C27H23FN2O4/c1-27(2,3)17-6-11-20(12-7-17)30-25(31)23(16-4-8-18(28)9-5-16)24(26(30)32)29-19-10-13-21-22(14-19)34-15-33-21/h4-14,29H,15H2,1-3H3. The number of hydrogen-bond acceptors (Lipinski definition) is 5. The van der Waals surface area contributed by atoms with Crippen LogP contribution >= 0.6 is 0 Å². The molecule has 5 rings (SSSR count). The van der Waals surface area contributed by atoms with E-state index in [0.29, 0.717) is 28.4 Å². The van der Waals surface area contributed by atoms with Crippen molar-refractivity contribution in [1.29, 1.82) is 0 Å². The predicted octanol–water partition coefficient (Wildman–Crippen LogP) is 5.25. The number of fused-ring (bicyclic) bond motifs is 1. The summed E-state index contributed by atoms with van der Waals surface area (Å²) >= 11 is 0. The van der Waals surface area contributed by atoms with Gasteiger partial charge in [-0.15, -0.1) is 0 Å². The molecule has 34 heavy (non-hydrogen) atoms. The van der Waals surface area contributed by atoms with Gasteiger partial charge in [0.2, 0.25) is 6.79 Å². The molecule has 0 aromatic heterocycles. The smallest absolute Gasteiger partial charge is 0.282 e. The van der Waals surface area contributed by atoms with E-state index in [-0.39, 0.29) is 23.5 Å². The number of carbonyl (C=O) groups excluding carboxylic acids is 2. The lowest BCUT2D eigenvalue weighted by molar-refractivity contribution is -0.120. The molecule has 172 valence electrons. The molecule has 2 amide bonds. The lowest BCUT2D eigenvalue weighted by atomic mass is 9.87. The third-order valence-electron chi connectivity index (χ3n) is 5.85. The van der Waals surface area contributed by atoms with Gasteiger partial charge >= 0.3 is 0 Å². The highest BCUT2D eigenvalue weighted by molar-refractivity contribution is 6.46. The highest BCUT2D eigenvalue weighted by Gasteiger charge is 2.40. The number of halogens is 1. The van der Waals surface area contributed by atoms with Crippen molar-refractivity contribution in [3.63, 3.8) is 0 Å². The van der Waals surface area contributed by atoms with Crippen LogP contribution in [-0.4, -0.2) is 18.6 Å². The summed E-state index contributed by atoms with van der Waals surface area (Å²) in [5, 5.41) is 3.09. The molecule has 2 aliphatic rings. The second-order valence-corrected chi connectivity index (χ2v) is 9.19. The molecule has 6 nitrogen and oxygen atoms in total. The molecule has 2 heterocycles. The topological polar surface area (TPSA) is 67.9 Å². The maximum absolute atomic E-state index is 13.6. The fourth-order valence-electron chi connectivity index (χ4n) is 3.99. The normalized spacial score (nSPS) is 15.4. The van der Waals surface area contributed by atoms with Gasteiger partial charge < -0.3 is 14.8 Å². The first-order chi connectivity index (χ1) is 16.2. The fourth-order valence-corrected chi connectivity index (χ4v) is 3.99. The number of carbonyl (C=O) groups is 2. The Balaban J connectivity index is 1.55. The number of rotatable bonds is 4. The monoisotopic (exact) mass is 458 g/mol. The van der Waals surface area contributed by atoms with Gasteiger partial charge in [0.1, 0.15) is 11.5 Å². The van der Waals surface area contributed by atoms with Crippen LogP contribution < -0.4 is 19.7 Å². The van der Waals surface area contributed by atoms with E-state index in [1.165, 1.54) is 24.3 Å². The predicted molar refractivity (Wildman–Crippen MR) is 127 cm³/mol. The Kier molecular flexibility index (Phi) is 5.12. The zero-order chi connectivity index (χ0) is 24.0. The van der Waals surface area contributed by atoms with E-state index >= 15 is 0 Å². The summed E-state index contributed by atoms with van der Waals surface area (Å²) < 4.78 is 24.3. The Bertz CT molecular complexity index is 1320.